The molecule has 2 N–H and O–H groups in total. The summed E-state index contributed by atoms with van der Waals surface area (Å²) in [6.07, 6.45) is 1.56. The molecule has 2 aromatic heterocycles. The minimum atomic E-state index is -0.204. The molecule has 0 bridgehead atoms. The standard InChI is InChI=1S/C18H30N6O3/c1-7-19-17(21-10-14-20-9-13(26-14)18(4,5)6)22-11-15-23-16(24-27-15)12(3)25-8-2/h9,12H,7-8,10-11H2,1-6H3,(H2,19,21,22). The van der Waals surface area contributed by atoms with Crippen molar-refractivity contribution in [3.05, 3.63) is 29.6 Å². The van der Waals surface area contributed by atoms with Gasteiger partial charge in [-0.05, 0) is 20.8 Å². The van der Waals surface area contributed by atoms with Gasteiger partial charge in [0.15, 0.2) is 11.8 Å². The molecule has 150 valence electrons. The molecule has 0 aliphatic carbocycles. The Kier molecular flexibility index (Phi) is 7.35. The topological polar surface area (TPSA) is 111 Å². The Morgan fingerprint density at radius 3 is 2.67 bits per heavy atom. The fourth-order valence-corrected chi connectivity index (χ4v) is 2.21. The van der Waals surface area contributed by atoms with E-state index in [1.807, 2.05) is 20.8 Å². The van der Waals surface area contributed by atoms with Crippen molar-refractivity contribution in [3.8, 4) is 0 Å². The highest BCUT2D eigenvalue weighted by Crippen LogP contribution is 2.22. The molecule has 0 fully saturated rings. The molecule has 0 aliphatic heterocycles. The average Bonchev–Trinajstić information content (AvgIpc) is 3.26. The van der Waals surface area contributed by atoms with Crippen molar-refractivity contribution < 1.29 is 13.7 Å². The molecule has 9 heteroatoms. The van der Waals surface area contributed by atoms with Gasteiger partial charge in [0, 0.05) is 18.6 Å². The van der Waals surface area contributed by atoms with Gasteiger partial charge in [0.1, 0.15) is 18.4 Å². The molecule has 0 spiro atoms. The van der Waals surface area contributed by atoms with Gasteiger partial charge in [-0.25, -0.2) is 9.98 Å². The van der Waals surface area contributed by atoms with Crippen molar-refractivity contribution >= 4 is 5.96 Å². The first-order valence-electron chi connectivity index (χ1n) is 9.24. The third-order valence-electron chi connectivity index (χ3n) is 3.68. The minimum Gasteiger partial charge on any atom is -0.443 e. The first-order chi connectivity index (χ1) is 12.8. The molecule has 2 aromatic rings. The summed E-state index contributed by atoms with van der Waals surface area (Å²) in [5.41, 5.74) is -0.0713. The van der Waals surface area contributed by atoms with Gasteiger partial charge < -0.3 is 24.3 Å². The quantitative estimate of drug-likeness (QED) is 0.533. The van der Waals surface area contributed by atoms with Gasteiger partial charge in [0.2, 0.25) is 11.8 Å². The Morgan fingerprint density at radius 2 is 2.04 bits per heavy atom. The second-order valence-corrected chi connectivity index (χ2v) is 7.06. The van der Waals surface area contributed by atoms with E-state index in [0.717, 1.165) is 12.3 Å². The molecule has 0 aromatic carbocycles. The summed E-state index contributed by atoms with van der Waals surface area (Å²) in [4.78, 5) is 13.1. The van der Waals surface area contributed by atoms with E-state index in [4.69, 9.17) is 13.7 Å². The lowest BCUT2D eigenvalue weighted by atomic mass is 9.94. The Hall–Kier alpha value is -2.42. The van der Waals surface area contributed by atoms with Crippen LogP contribution in [0.2, 0.25) is 0 Å². The summed E-state index contributed by atoms with van der Waals surface area (Å²) in [6, 6.07) is 0. The third kappa shape index (κ3) is 6.35. The van der Waals surface area contributed by atoms with Crippen molar-refractivity contribution in [1.82, 2.24) is 25.8 Å². The van der Waals surface area contributed by atoms with Crippen LogP contribution in [0, 0.1) is 0 Å². The highest BCUT2D eigenvalue weighted by atomic mass is 16.5. The molecular formula is C18H30N6O3. The molecule has 2 rings (SSSR count). The number of ether oxygens (including phenoxy) is 1. The number of guanidine groups is 1. The Morgan fingerprint density at radius 1 is 1.26 bits per heavy atom. The second kappa shape index (κ2) is 9.50. The van der Waals surface area contributed by atoms with Crippen molar-refractivity contribution in [2.45, 2.75) is 66.2 Å². The first-order valence-corrected chi connectivity index (χ1v) is 9.24. The van der Waals surface area contributed by atoms with Gasteiger partial charge in [-0.3, -0.25) is 0 Å². The van der Waals surface area contributed by atoms with Gasteiger partial charge in [0.25, 0.3) is 0 Å². The fraction of sp³-hybridized carbons (Fsp3) is 0.667. The second-order valence-electron chi connectivity index (χ2n) is 7.06. The number of aromatic nitrogens is 3. The SMILES string of the molecule is CCNC(=NCc1nc(C(C)OCC)no1)NCc1ncc(C(C)(C)C)o1. The van der Waals surface area contributed by atoms with Gasteiger partial charge in [-0.15, -0.1) is 0 Å². The van der Waals surface area contributed by atoms with Crippen LogP contribution in [0.3, 0.4) is 0 Å². The number of nitrogens with one attached hydrogen (secondary N) is 2. The molecule has 0 radical (unpaired) electrons. The molecule has 9 nitrogen and oxygen atoms in total. The summed E-state index contributed by atoms with van der Waals surface area (Å²) < 4.78 is 16.5. The Balaban J connectivity index is 1.95. The highest BCUT2D eigenvalue weighted by molar-refractivity contribution is 5.79. The molecule has 0 saturated carbocycles. The third-order valence-corrected chi connectivity index (χ3v) is 3.68. The minimum absolute atomic E-state index is 0.0713. The Labute approximate surface area is 160 Å². The number of aliphatic imine (C=N–C) groups is 1. The van der Waals surface area contributed by atoms with Crippen LogP contribution in [-0.4, -0.2) is 34.2 Å². The van der Waals surface area contributed by atoms with Gasteiger partial charge in [-0.2, -0.15) is 4.98 Å². The number of oxazole rings is 1. The van der Waals surface area contributed by atoms with Crippen LogP contribution in [0.4, 0.5) is 0 Å². The van der Waals surface area contributed by atoms with Gasteiger partial charge in [0.05, 0.1) is 12.7 Å². The first kappa shape index (κ1) is 20.9. The maximum Gasteiger partial charge on any atom is 0.248 e. The summed E-state index contributed by atoms with van der Waals surface area (Å²) >= 11 is 0. The van der Waals surface area contributed by atoms with Crippen LogP contribution in [0.15, 0.2) is 20.1 Å². The van der Waals surface area contributed by atoms with Crippen LogP contribution in [0.25, 0.3) is 0 Å². The summed E-state index contributed by atoms with van der Waals surface area (Å²) in [5.74, 6) is 3.03. The van der Waals surface area contributed by atoms with Crippen molar-refractivity contribution in [2.24, 2.45) is 4.99 Å². The zero-order valence-corrected chi connectivity index (χ0v) is 17.0. The maximum absolute atomic E-state index is 5.78. The predicted molar refractivity (Wildman–Crippen MR) is 101 cm³/mol. The summed E-state index contributed by atoms with van der Waals surface area (Å²) in [7, 11) is 0. The molecular weight excluding hydrogens is 348 g/mol. The molecule has 0 aliphatic rings. The van der Waals surface area contributed by atoms with E-state index >= 15 is 0 Å². The molecule has 27 heavy (non-hydrogen) atoms. The van der Waals surface area contributed by atoms with Gasteiger partial charge >= 0.3 is 0 Å². The largest absolute Gasteiger partial charge is 0.443 e. The lowest BCUT2D eigenvalue weighted by Gasteiger charge is -2.13. The molecule has 2 heterocycles. The van der Waals surface area contributed by atoms with Crippen LogP contribution < -0.4 is 10.6 Å². The summed E-state index contributed by atoms with van der Waals surface area (Å²) in [5, 5.41) is 10.3. The zero-order valence-electron chi connectivity index (χ0n) is 17.0. The van der Waals surface area contributed by atoms with E-state index in [2.05, 4.69) is 51.5 Å². The molecule has 1 atom stereocenters. The van der Waals surface area contributed by atoms with E-state index in [1.54, 1.807) is 6.20 Å². The summed E-state index contributed by atoms with van der Waals surface area (Å²) in [6.45, 7) is 14.1. The van der Waals surface area contributed by atoms with E-state index in [9.17, 15) is 0 Å². The predicted octanol–water partition coefficient (Wildman–Crippen LogP) is 2.71. The van der Waals surface area contributed by atoms with Crippen LogP contribution >= 0.6 is 0 Å². The van der Waals surface area contributed by atoms with Crippen molar-refractivity contribution in [2.75, 3.05) is 13.2 Å². The zero-order chi connectivity index (χ0) is 19.9. The Bertz CT molecular complexity index is 732. The van der Waals surface area contributed by atoms with Crippen LogP contribution in [0.1, 0.15) is 71.0 Å². The van der Waals surface area contributed by atoms with E-state index in [1.165, 1.54) is 0 Å². The number of hydrogen-bond acceptors (Lipinski definition) is 7. The molecule has 1 unspecified atom stereocenters. The number of nitrogens with zero attached hydrogens (tertiary/aromatic N) is 4. The maximum atomic E-state index is 5.78. The van der Waals surface area contributed by atoms with Crippen LogP contribution in [-0.2, 0) is 23.2 Å². The van der Waals surface area contributed by atoms with Crippen molar-refractivity contribution in [1.29, 1.82) is 0 Å². The van der Waals surface area contributed by atoms with Crippen molar-refractivity contribution in [3.63, 3.8) is 0 Å². The van der Waals surface area contributed by atoms with Crippen LogP contribution in [0.5, 0.6) is 0 Å². The number of rotatable bonds is 8. The van der Waals surface area contributed by atoms with Gasteiger partial charge in [-0.1, -0.05) is 25.9 Å². The smallest absolute Gasteiger partial charge is 0.248 e. The van der Waals surface area contributed by atoms with E-state index in [0.29, 0.717) is 36.7 Å². The lowest BCUT2D eigenvalue weighted by molar-refractivity contribution is 0.0683. The molecule has 0 saturated heterocycles. The fourth-order valence-electron chi connectivity index (χ4n) is 2.21. The normalized spacial score (nSPS) is 13.6. The highest BCUT2D eigenvalue weighted by Gasteiger charge is 2.19. The van der Waals surface area contributed by atoms with E-state index < -0.39 is 0 Å². The molecule has 0 amide bonds. The monoisotopic (exact) mass is 378 g/mol. The lowest BCUT2D eigenvalue weighted by Crippen LogP contribution is -2.36. The number of hydrogen-bond donors (Lipinski definition) is 2. The average molecular weight is 378 g/mol. The van der Waals surface area contributed by atoms with E-state index in [-0.39, 0.29) is 18.1 Å².